The summed E-state index contributed by atoms with van der Waals surface area (Å²) < 4.78 is 0. The first kappa shape index (κ1) is 10.6. The highest BCUT2D eigenvalue weighted by atomic mass is 15.3. The minimum atomic E-state index is -0.109. The van der Waals surface area contributed by atoms with Crippen molar-refractivity contribution in [2.45, 2.75) is 20.0 Å². The summed E-state index contributed by atoms with van der Waals surface area (Å²) in [4.78, 5) is 6.12. The molecule has 0 amide bonds. The maximum atomic E-state index is 9.15. The van der Waals surface area contributed by atoms with Crippen LogP contribution >= 0.6 is 0 Å². The molecule has 0 aromatic carbocycles. The standard InChI is InChI=1S/C11H15N5/c1-7(2)9-5-16-6-14-10(13-3)8(4-12)11(16)15-9/h5-7,11,13,15H,1-3H3. The van der Waals surface area contributed by atoms with Crippen LogP contribution in [-0.2, 0) is 0 Å². The van der Waals surface area contributed by atoms with Crippen LogP contribution < -0.4 is 10.6 Å². The van der Waals surface area contributed by atoms with Crippen LogP contribution in [0.5, 0.6) is 0 Å². The molecule has 0 saturated carbocycles. The largest absolute Gasteiger partial charge is 0.372 e. The monoisotopic (exact) mass is 217 g/mol. The van der Waals surface area contributed by atoms with Gasteiger partial charge in [0.15, 0.2) is 0 Å². The molecule has 2 N–H and O–H groups in total. The molecule has 2 aliphatic heterocycles. The molecule has 5 nitrogen and oxygen atoms in total. The predicted octanol–water partition coefficient (Wildman–Crippen LogP) is 0.712. The van der Waals surface area contributed by atoms with E-state index in [-0.39, 0.29) is 6.17 Å². The molecule has 2 rings (SSSR count). The van der Waals surface area contributed by atoms with Gasteiger partial charge in [0, 0.05) is 18.9 Å². The van der Waals surface area contributed by atoms with Gasteiger partial charge in [0.1, 0.15) is 23.6 Å². The Morgan fingerprint density at radius 3 is 2.94 bits per heavy atom. The number of rotatable bonds is 2. The fourth-order valence-corrected chi connectivity index (χ4v) is 1.78. The van der Waals surface area contributed by atoms with Crippen LogP contribution in [-0.4, -0.2) is 24.5 Å². The predicted molar refractivity (Wildman–Crippen MR) is 61.9 cm³/mol. The Hall–Kier alpha value is -1.96. The number of allylic oxidation sites excluding steroid dienone is 1. The van der Waals surface area contributed by atoms with Gasteiger partial charge in [-0.15, -0.1) is 0 Å². The third-order valence-electron chi connectivity index (χ3n) is 2.72. The lowest BCUT2D eigenvalue weighted by Crippen LogP contribution is -2.41. The molecule has 5 heteroatoms. The average Bonchev–Trinajstić information content (AvgIpc) is 2.71. The van der Waals surface area contributed by atoms with Crippen molar-refractivity contribution in [3.63, 3.8) is 0 Å². The second-order valence-corrected chi connectivity index (χ2v) is 4.10. The molecule has 0 aromatic rings. The molecule has 2 heterocycles. The number of nitrogens with one attached hydrogen (secondary N) is 2. The van der Waals surface area contributed by atoms with Crippen molar-refractivity contribution in [2.75, 3.05) is 7.05 Å². The SMILES string of the molecule is CNC1=C(C#N)C2NC(C(C)C)=CN2C=N1. The zero-order valence-electron chi connectivity index (χ0n) is 9.65. The van der Waals surface area contributed by atoms with E-state index in [2.05, 4.69) is 35.5 Å². The van der Waals surface area contributed by atoms with E-state index in [1.807, 2.05) is 11.1 Å². The third kappa shape index (κ3) is 1.52. The van der Waals surface area contributed by atoms with Crippen molar-refractivity contribution < 1.29 is 0 Å². The fourth-order valence-electron chi connectivity index (χ4n) is 1.78. The Kier molecular flexibility index (Phi) is 2.57. The zero-order chi connectivity index (χ0) is 11.7. The Balaban J connectivity index is 2.30. The molecule has 1 atom stereocenters. The van der Waals surface area contributed by atoms with Crippen LogP contribution in [0.2, 0.25) is 0 Å². The van der Waals surface area contributed by atoms with Crippen LogP contribution in [0.1, 0.15) is 13.8 Å². The van der Waals surface area contributed by atoms with E-state index in [0.29, 0.717) is 17.3 Å². The minimum absolute atomic E-state index is 0.109. The van der Waals surface area contributed by atoms with Gasteiger partial charge >= 0.3 is 0 Å². The number of nitrogens with zero attached hydrogens (tertiary/aromatic N) is 3. The maximum Gasteiger partial charge on any atom is 0.145 e. The molecule has 0 saturated heterocycles. The van der Waals surface area contributed by atoms with E-state index in [4.69, 9.17) is 5.26 Å². The topological polar surface area (TPSA) is 63.5 Å². The lowest BCUT2D eigenvalue weighted by atomic mass is 10.1. The van der Waals surface area contributed by atoms with Gasteiger partial charge in [-0.05, 0) is 5.92 Å². The first-order valence-corrected chi connectivity index (χ1v) is 5.29. The molecule has 0 spiro atoms. The maximum absolute atomic E-state index is 9.15. The zero-order valence-corrected chi connectivity index (χ0v) is 9.65. The summed E-state index contributed by atoms with van der Waals surface area (Å²) in [5.41, 5.74) is 1.75. The number of hydrogen-bond acceptors (Lipinski definition) is 5. The molecule has 84 valence electrons. The Morgan fingerprint density at radius 2 is 2.38 bits per heavy atom. The summed E-state index contributed by atoms with van der Waals surface area (Å²) >= 11 is 0. The molecule has 2 aliphatic rings. The second-order valence-electron chi connectivity index (χ2n) is 4.10. The van der Waals surface area contributed by atoms with E-state index < -0.39 is 0 Å². The van der Waals surface area contributed by atoms with Gasteiger partial charge < -0.3 is 15.5 Å². The van der Waals surface area contributed by atoms with E-state index >= 15 is 0 Å². The van der Waals surface area contributed by atoms with Crippen molar-refractivity contribution in [3.8, 4) is 6.07 Å². The molecule has 0 aromatic heterocycles. The summed E-state index contributed by atoms with van der Waals surface area (Å²) in [6, 6.07) is 2.20. The summed E-state index contributed by atoms with van der Waals surface area (Å²) in [6.45, 7) is 4.23. The van der Waals surface area contributed by atoms with Gasteiger partial charge in [-0.3, -0.25) is 0 Å². The first-order valence-electron chi connectivity index (χ1n) is 5.29. The molecule has 0 aliphatic carbocycles. The van der Waals surface area contributed by atoms with Gasteiger partial charge in [0.2, 0.25) is 0 Å². The Bertz CT molecular complexity index is 424. The molecule has 0 bridgehead atoms. The summed E-state index contributed by atoms with van der Waals surface area (Å²) in [5.74, 6) is 1.05. The van der Waals surface area contributed by atoms with E-state index in [1.54, 1.807) is 13.4 Å². The van der Waals surface area contributed by atoms with E-state index in [1.165, 1.54) is 0 Å². The van der Waals surface area contributed by atoms with Gasteiger partial charge in [-0.25, -0.2) is 4.99 Å². The highest BCUT2D eigenvalue weighted by Gasteiger charge is 2.31. The van der Waals surface area contributed by atoms with Crippen molar-refractivity contribution >= 4 is 6.34 Å². The fraction of sp³-hybridized carbons (Fsp3) is 0.455. The highest BCUT2D eigenvalue weighted by Crippen LogP contribution is 2.24. The van der Waals surface area contributed by atoms with Crippen molar-refractivity contribution in [2.24, 2.45) is 10.9 Å². The Labute approximate surface area is 95.1 Å². The number of fused-ring (bicyclic) bond motifs is 1. The van der Waals surface area contributed by atoms with Crippen molar-refractivity contribution in [1.29, 1.82) is 5.26 Å². The van der Waals surface area contributed by atoms with E-state index in [9.17, 15) is 0 Å². The van der Waals surface area contributed by atoms with Gasteiger partial charge in [-0.1, -0.05) is 13.8 Å². The number of hydrogen-bond donors (Lipinski definition) is 2. The molecular weight excluding hydrogens is 202 g/mol. The lowest BCUT2D eigenvalue weighted by Gasteiger charge is -2.25. The molecule has 0 radical (unpaired) electrons. The van der Waals surface area contributed by atoms with Crippen molar-refractivity contribution in [1.82, 2.24) is 15.5 Å². The van der Waals surface area contributed by atoms with Crippen molar-refractivity contribution in [3.05, 3.63) is 23.3 Å². The summed E-state index contributed by atoms with van der Waals surface area (Å²) in [7, 11) is 1.77. The van der Waals surface area contributed by atoms with Crippen LogP contribution in [0.3, 0.4) is 0 Å². The normalized spacial score (nSPS) is 22.8. The summed E-state index contributed by atoms with van der Waals surface area (Å²) in [5, 5.41) is 15.4. The van der Waals surface area contributed by atoms with Gasteiger partial charge in [0.25, 0.3) is 0 Å². The van der Waals surface area contributed by atoms with Crippen LogP contribution in [0.25, 0.3) is 0 Å². The smallest absolute Gasteiger partial charge is 0.145 e. The van der Waals surface area contributed by atoms with Crippen LogP contribution in [0.15, 0.2) is 28.3 Å². The second kappa shape index (κ2) is 3.89. The number of aliphatic imine (C=N–C) groups is 1. The van der Waals surface area contributed by atoms with E-state index in [0.717, 1.165) is 5.70 Å². The highest BCUT2D eigenvalue weighted by molar-refractivity contribution is 5.65. The van der Waals surface area contributed by atoms with Crippen LogP contribution in [0, 0.1) is 17.2 Å². The molecular formula is C11H15N5. The van der Waals surface area contributed by atoms with Crippen LogP contribution in [0.4, 0.5) is 0 Å². The van der Waals surface area contributed by atoms with Gasteiger partial charge in [-0.2, -0.15) is 5.26 Å². The number of nitriles is 1. The molecule has 0 fully saturated rings. The lowest BCUT2D eigenvalue weighted by molar-refractivity contribution is 0.446. The minimum Gasteiger partial charge on any atom is -0.372 e. The van der Waals surface area contributed by atoms with Gasteiger partial charge in [0.05, 0.1) is 6.34 Å². The summed E-state index contributed by atoms with van der Waals surface area (Å²) in [6.07, 6.45) is 3.63. The Morgan fingerprint density at radius 1 is 1.62 bits per heavy atom. The quantitative estimate of drug-likeness (QED) is 0.715. The first-order chi connectivity index (χ1) is 7.67. The molecule has 1 unspecified atom stereocenters. The average molecular weight is 217 g/mol. The third-order valence-corrected chi connectivity index (χ3v) is 2.72. The molecule has 16 heavy (non-hydrogen) atoms.